The standard InChI is InChI=1S/C24H18Br2FN3/c1-13-10-16(4-7-19(13)25)22-28-23(17-5-8-20(26)14(2)11-17)30-24(29-22)18-6-9-21(27)15(3)12-18/h4-12H,1-3H3. The van der Waals surface area contributed by atoms with Gasteiger partial charge in [-0.05, 0) is 79.9 Å². The maximum absolute atomic E-state index is 13.8. The summed E-state index contributed by atoms with van der Waals surface area (Å²) in [6.45, 7) is 5.79. The van der Waals surface area contributed by atoms with Crippen molar-refractivity contribution in [3.8, 4) is 34.2 Å². The summed E-state index contributed by atoms with van der Waals surface area (Å²) in [5, 5.41) is 0. The fraction of sp³-hybridized carbons (Fsp3) is 0.125. The quantitative estimate of drug-likeness (QED) is 0.278. The molecule has 0 aliphatic rings. The second-order valence-corrected chi connectivity index (χ2v) is 8.91. The molecule has 4 rings (SSSR count). The van der Waals surface area contributed by atoms with Crippen molar-refractivity contribution in [2.45, 2.75) is 20.8 Å². The minimum atomic E-state index is -0.250. The van der Waals surface area contributed by atoms with Gasteiger partial charge in [0.25, 0.3) is 0 Å². The second-order valence-electron chi connectivity index (χ2n) is 7.20. The van der Waals surface area contributed by atoms with Gasteiger partial charge in [-0.25, -0.2) is 19.3 Å². The van der Waals surface area contributed by atoms with Crippen LogP contribution in [0.4, 0.5) is 4.39 Å². The predicted molar refractivity (Wildman–Crippen MR) is 126 cm³/mol. The monoisotopic (exact) mass is 525 g/mol. The van der Waals surface area contributed by atoms with Gasteiger partial charge in [0, 0.05) is 25.6 Å². The zero-order chi connectivity index (χ0) is 21.4. The molecule has 3 nitrogen and oxygen atoms in total. The second kappa shape index (κ2) is 8.36. The summed E-state index contributed by atoms with van der Waals surface area (Å²) in [7, 11) is 0. The number of halogens is 3. The van der Waals surface area contributed by atoms with Crippen molar-refractivity contribution >= 4 is 31.9 Å². The average molecular weight is 527 g/mol. The van der Waals surface area contributed by atoms with Crippen molar-refractivity contribution in [1.82, 2.24) is 15.0 Å². The first-order valence-electron chi connectivity index (χ1n) is 9.37. The Morgan fingerprint density at radius 3 is 1.30 bits per heavy atom. The van der Waals surface area contributed by atoms with Crippen molar-refractivity contribution in [3.05, 3.63) is 86.1 Å². The molecule has 0 aliphatic carbocycles. The van der Waals surface area contributed by atoms with Gasteiger partial charge in [0.15, 0.2) is 17.5 Å². The summed E-state index contributed by atoms with van der Waals surface area (Å²) in [4.78, 5) is 14.2. The molecule has 0 unspecified atom stereocenters. The number of aryl methyl sites for hydroxylation is 3. The normalized spacial score (nSPS) is 11.0. The third kappa shape index (κ3) is 4.20. The van der Waals surface area contributed by atoms with Crippen molar-refractivity contribution in [2.75, 3.05) is 0 Å². The van der Waals surface area contributed by atoms with Crippen LogP contribution in [0.15, 0.2) is 63.5 Å². The Morgan fingerprint density at radius 1 is 0.567 bits per heavy atom. The third-order valence-corrected chi connectivity index (χ3v) is 6.66. The van der Waals surface area contributed by atoms with E-state index >= 15 is 0 Å². The number of nitrogens with zero attached hydrogens (tertiary/aromatic N) is 3. The summed E-state index contributed by atoms with van der Waals surface area (Å²) >= 11 is 7.08. The van der Waals surface area contributed by atoms with Gasteiger partial charge in [-0.3, -0.25) is 0 Å². The van der Waals surface area contributed by atoms with Crippen LogP contribution in [-0.2, 0) is 0 Å². The minimum absolute atomic E-state index is 0.250. The Kier molecular flexibility index (Phi) is 5.80. The molecule has 1 heterocycles. The molecule has 4 aromatic rings. The van der Waals surface area contributed by atoms with E-state index in [0.29, 0.717) is 23.0 Å². The van der Waals surface area contributed by atoms with Gasteiger partial charge in [0.2, 0.25) is 0 Å². The molecule has 30 heavy (non-hydrogen) atoms. The number of hydrogen-bond acceptors (Lipinski definition) is 3. The Hall–Kier alpha value is -2.44. The Labute approximate surface area is 191 Å². The van der Waals surface area contributed by atoms with E-state index in [-0.39, 0.29) is 5.82 Å². The molecule has 3 aromatic carbocycles. The average Bonchev–Trinajstić information content (AvgIpc) is 2.73. The fourth-order valence-electron chi connectivity index (χ4n) is 3.11. The van der Waals surface area contributed by atoms with Crippen LogP contribution in [-0.4, -0.2) is 15.0 Å². The molecule has 0 N–H and O–H groups in total. The molecule has 0 radical (unpaired) electrons. The Balaban J connectivity index is 1.94. The molecule has 0 aliphatic heterocycles. The highest BCUT2D eigenvalue weighted by molar-refractivity contribution is 9.10. The third-order valence-electron chi connectivity index (χ3n) is 4.88. The van der Waals surface area contributed by atoms with Crippen molar-refractivity contribution < 1.29 is 4.39 Å². The summed E-state index contributed by atoms with van der Waals surface area (Å²) in [5.41, 5.74) is 5.28. The zero-order valence-corrected chi connectivity index (χ0v) is 19.8. The Bertz CT molecular complexity index is 1100. The SMILES string of the molecule is Cc1cc(-c2nc(-c3ccc(Br)c(C)c3)nc(-c3ccc(Br)c(C)c3)n2)ccc1F. The molecule has 0 spiro atoms. The van der Waals surface area contributed by atoms with Crippen LogP contribution in [0, 0.1) is 26.6 Å². The lowest BCUT2D eigenvalue weighted by Crippen LogP contribution is -2.01. The smallest absolute Gasteiger partial charge is 0.164 e. The molecule has 6 heteroatoms. The molecular formula is C24H18Br2FN3. The van der Waals surface area contributed by atoms with Crippen molar-refractivity contribution in [2.24, 2.45) is 0 Å². The summed E-state index contributed by atoms with van der Waals surface area (Å²) < 4.78 is 15.9. The number of benzene rings is 3. The van der Waals surface area contributed by atoms with E-state index in [9.17, 15) is 4.39 Å². The molecule has 0 saturated heterocycles. The number of aromatic nitrogens is 3. The molecular weight excluding hydrogens is 509 g/mol. The topological polar surface area (TPSA) is 38.7 Å². The van der Waals surface area contributed by atoms with E-state index in [1.54, 1.807) is 19.1 Å². The lowest BCUT2D eigenvalue weighted by Gasteiger charge is -2.10. The van der Waals surface area contributed by atoms with Gasteiger partial charge in [-0.1, -0.05) is 44.0 Å². The van der Waals surface area contributed by atoms with Crippen LogP contribution >= 0.6 is 31.9 Å². The first-order valence-corrected chi connectivity index (χ1v) is 11.0. The van der Waals surface area contributed by atoms with Crippen LogP contribution < -0.4 is 0 Å². The first-order chi connectivity index (χ1) is 14.3. The maximum Gasteiger partial charge on any atom is 0.164 e. The number of hydrogen-bond donors (Lipinski definition) is 0. The molecule has 0 amide bonds. The molecule has 0 atom stereocenters. The maximum atomic E-state index is 13.8. The lowest BCUT2D eigenvalue weighted by atomic mass is 10.1. The largest absolute Gasteiger partial charge is 0.208 e. The molecule has 1 aromatic heterocycles. The van der Waals surface area contributed by atoms with Gasteiger partial charge in [0.05, 0.1) is 0 Å². The minimum Gasteiger partial charge on any atom is -0.208 e. The zero-order valence-electron chi connectivity index (χ0n) is 16.7. The fourth-order valence-corrected chi connectivity index (χ4v) is 3.61. The van der Waals surface area contributed by atoms with Crippen LogP contribution in [0.2, 0.25) is 0 Å². The van der Waals surface area contributed by atoms with Crippen LogP contribution in [0.3, 0.4) is 0 Å². The summed E-state index contributed by atoms with van der Waals surface area (Å²) in [5.74, 6) is 1.42. The van der Waals surface area contributed by atoms with Crippen LogP contribution in [0.1, 0.15) is 16.7 Å². The molecule has 0 bridgehead atoms. The van der Waals surface area contributed by atoms with Gasteiger partial charge >= 0.3 is 0 Å². The van der Waals surface area contributed by atoms with E-state index in [4.69, 9.17) is 15.0 Å². The van der Waals surface area contributed by atoms with Crippen LogP contribution in [0.5, 0.6) is 0 Å². The van der Waals surface area contributed by atoms with Crippen LogP contribution in [0.25, 0.3) is 34.2 Å². The summed E-state index contributed by atoms with van der Waals surface area (Å²) in [6.07, 6.45) is 0. The lowest BCUT2D eigenvalue weighted by molar-refractivity contribution is 0.618. The highest BCUT2D eigenvalue weighted by Gasteiger charge is 2.14. The highest BCUT2D eigenvalue weighted by atomic mass is 79.9. The van der Waals surface area contributed by atoms with E-state index < -0.39 is 0 Å². The molecule has 0 fully saturated rings. The Morgan fingerprint density at radius 2 is 0.933 bits per heavy atom. The van der Waals surface area contributed by atoms with Gasteiger partial charge in [0.1, 0.15) is 5.82 Å². The van der Waals surface area contributed by atoms with E-state index in [1.807, 2.05) is 50.2 Å². The predicted octanol–water partition coefficient (Wildman–Crippen LogP) is 7.46. The molecule has 150 valence electrons. The number of rotatable bonds is 3. The van der Waals surface area contributed by atoms with E-state index in [2.05, 4.69) is 31.9 Å². The highest BCUT2D eigenvalue weighted by Crippen LogP contribution is 2.29. The van der Waals surface area contributed by atoms with Gasteiger partial charge in [-0.2, -0.15) is 0 Å². The van der Waals surface area contributed by atoms with Crippen molar-refractivity contribution in [3.63, 3.8) is 0 Å². The van der Waals surface area contributed by atoms with Gasteiger partial charge < -0.3 is 0 Å². The van der Waals surface area contributed by atoms with E-state index in [0.717, 1.165) is 36.8 Å². The molecule has 0 saturated carbocycles. The summed E-state index contributed by atoms with van der Waals surface area (Å²) in [6, 6.07) is 16.9. The van der Waals surface area contributed by atoms with Crippen molar-refractivity contribution in [1.29, 1.82) is 0 Å². The van der Waals surface area contributed by atoms with Gasteiger partial charge in [-0.15, -0.1) is 0 Å². The first kappa shape index (κ1) is 20.8. The van der Waals surface area contributed by atoms with E-state index in [1.165, 1.54) is 6.07 Å².